The first-order chi connectivity index (χ1) is 4.33. The van der Waals surface area contributed by atoms with Crippen molar-refractivity contribution < 1.29 is 0 Å². The van der Waals surface area contributed by atoms with E-state index in [0.29, 0.717) is 7.92 Å². The van der Waals surface area contributed by atoms with E-state index >= 15 is 0 Å². The van der Waals surface area contributed by atoms with Crippen LogP contribution < -0.4 is 0 Å². The summed E-state index contributed by atoms with van der Waals surface area (Å²) in [7, 11) is 2.69. The molecular weight excluding hydrogens is 129 g/mol. The van der Waals surface area contributed by atoms with Crippen molar-refractivity contribution in [2.75, 3.05) is 38.6 Å². The standard InChI is InChI=1S/C7H16NP/c1-3-9-6-4-8(2)5-7-9/h3-7H2,1-2H3. The Balaban J connectivity index is 2.18. The van der Waals surface area contributed by atoms with Gasteiger partial charge >= 0.3 is 0 Å². The minimum atomic E-state index is 0.462. The highest BCUT2D eigenvalue weighted by molar-refractivity contribution is 7.57. The van der Waals surface area contributed by atoms with Gasteiger partial charge < -0.3 is 4.90 Å². The molecule has 1 heterocycles. The van der Waals surface area contributed by atoms with E-state index in [4.69, 9.17) is 0 Å². The Hall–Kier alpha value is 0.390. The maximum Gasteiger partial charge on any atom is 0.00178 e. The van der Waals surface area contributed by atoms with E-state index in [1.54, 1.807) is 0 Å². The molecule has 9 heavy (non-hydrogen) atoms. The minimum absolute atomic E-state index is 0.462. The van der Waals surface area contributed by atoms with Crippen LogP contribution in [0.2, 0.25) is 0 Å². The first-order valence-corrected chi connectivity index (χ1v) is 5.63. The first-order valence-electron chi connectivity index (χ1n) is 3.74. The predicted molar refractivity (Wildman–Crippen MR) is 44.7 cm³/mol. The largest absolute Gasteiger partial charge is 0.306 e. The zero-order valence-corrected chi connectivity index (χ0v) is 7.32. The Morgan fingerprint density at radius 3 is 2.33 bits per heavy atom. The number of nitrogens with zero attached hydrogens (tertiary/aromatic N) is 1. The molecule has 0 aromatic carbocycles. The van der Waals surface area contributed by atoms with Crippen molar-refractivity contribution in [2.45, 2.75) is 6.92 Å². The lowest BCUT2D eigenvalue weighted by Crippen LogP contribution is -2.30. The molecular formula is C7H16NP. The Kier molecular flexibility index (Phi) is 2.94. The van der Waals surface area contributed by atoms with Crippen molar-refractivity contribution in [1.29, 1.82) is 0 Å². The van der Waals surface area contributed by atoms with Crippen molar-refractivity contribution in [3.8, 4) is 0 Å². The predicted octanol–water partition coefficient (Wildman–Crippen LogP) is 1.43. The van der Waals surface area contributed by atoms with Gasteiger partial charge in [-0.2, -0.15) is 0 Å². The van der Waals surface area contributed by atoms with E-state index in [-0.39, 0.29) is 0 Å². The monoisotopic (exact) mass is 145 g/mol. The lowest BCUT2D eigenvalue weighted by Gasteiger charge is -2.28. The van der Waals surface area contributed by atoms with Gasteiger partial charge in [-0.25, -0.2) is 0 Å². The van der Waals surface area contributed by atoms with E-state index in [9.17, 15) is 0 Å². The fourth-order valence-corrected chi connectivity index (χ4v) is 3.27. The fraction of sp³-hybridized carbons (Fsp3) is 1.00. The molecule has 1 fully saturated rings. The summed E-state index contributed by atoms with van der Waals surface area (Å²) in [5, 5.41) is 0. The smallest absolute Gasteiger partial charge is 0.00178 e. The zero-order chi connectivity index (χ0) is 6.69. The van der Waals surface area contributed by atoms with Crippen LogP contribution in [0, 0.1) is 0 Å². The van der Waals surface area contributed by atoms with E-state index < -0.39 is 0 Å². The van der Waals surface area contributed by atoms with Crippen molar-refractivity contribution in [1.82, 2.24) is 4.90 Å². The van der Waals surface area contributed by atoms with Gasteiger partial charge in [-0.3, -0.25) is 0 Å². The van der Waals surface area contributed by atoms with Crippen LogP contribution in [0.4, 0.5) is 0 Å². The van der Waals surface area contributed by atoms with Gasteiger partial charge in [0.2, 0.25) is 0 Å². The SMILES string of the molecule is CCP1CCN(C)CC1. The molecule has 0 saturated carbocycles. The molecule has 0 aliphatic carbocycles. The lowest BCUT2D eigenvalue weighted by molar-refractivity contribution is 0.368. The van der Waals surface area contributed by atoms with Gasteiger partial charge in [0.15, 0.2) is 0 Å². The van der Waals surface area contributed by atoms with Crippen LogP contribution >= 0.6 is 7.92 Å². The molecule has 0 aromatic heterocycles. The van der Waals surface area contributed by atoms with Crippen molar-refractivity contribution in [3.63, 3.8) is 0 Å². The third-order valence-corrected chi connectivity index (χ3v) is 4.60. The summed E-state index contributed by atoms with van der Waals surface area (Å²) in [5.41, 5.74) is 0. The molecule has 1 rings (SSSR count). The van der Waals surface area contributed by atoms with Gasteiger partial charge in [-0.05, 0) is 25.5 Å². The highest BCUT2D eigenvalue weighted by Crippen LogP contribution is 2.36. The molecule has 1 nitrogen and oxygen atoms in total. The molecule has 0 spiro atoms. The summed E-state index contributed by atoms with van der Waals surface area (Å²) >= 11 is 0. The quantitative estimate of drug-likeness (QED) is 0.504. The third-order valence-electron chi connectivity index (χ3n) is 2.04. The highest BCUT2D eigenvalue weighted by Gasteiger charge is 2.12. The van der Waals surface area contributed by atoms with E-state index in [1.807, 2.05) is 0 Å². The molecule has 0 amide bonds. The van der Waals surface area contributed by atoms with Gasteiger partial charge in [0.25, 0.3) is 0 Å². The molecule has 0 radical (unpaired) electrons. The summed E-state index contributed by atoms with van der Waals surface area (Å²) in [5.74, 6) is 0. The molecule has 0 N–H and O–H groups in total. The van der Waals surface area contributed by atoms with Crippen molar-refractivity contribution in [3.05, 3.63) is 0 Å². The van der Waals surface area contributed by atoms with E-state index in [0.717, 1.165) is 0 Å². The van der Waals surface area contributed by atoms with Gasteiger partial charge in [0, 0.05) is 13.1 Å². The van der Waals surface area contributed by atoms with Crippen molar-refractivity contribution >= 4 is 7.92 Å². The molecule has 0 bridgehead atoms. The number of hydrogen-bond donors (Lipinski definition) is 0. The lowest BCUT2D eigenvalue weighted by atomic mass is 10.6. The molecule has 54 valence electrons. The summed E-state index contributed by atoms with van der Waals surface area (Å²) in [6.07, 6.45) is 4.42. The normalized spacial score (nSPS) is 24.7. The topological polar surface area (TPSA) is 3.24 Å². The molecule has 0 atom stereocenters. The Labute approximate surface area is 59.2 Å². The maximum absolute atomic E-state index is 2.44. The third kappa shape index (κ3) is 2.23. The average molecular weight is 145 g/mol. The van der Waals surface area contributed by atoms with Crippen LogP contribution in [0.1, 0.15) is 6.92 Å². The van der Waals surface area contributed by atoms with E-state index in [1.165, 1.54) is 31.6 Å². The zero-order valence-electron chi connectivity index (χ0n) is 6.43. The van der Waals surface area contributed by atoms with Gasteiger partial charge in [0.05, 0.1) is 0 Å². The highest BCUT2D eigenvalue weighted by atomic mass is 31.1. The molecule has 2 heteroatoms. The van der Waals surface area contributed by atoms with E-state index in [2.05, 4.69) is 18.9 Å². The summed E-state index contributed by atoms with van der Waals surface area (Å²) < 4.78 is 0. The van der Waals surface area contributed by atoms with Crippen LogP contribution in [0.25, 0.3) is 0 Å². The van der Waals surface area contributed by atoms with Gasteiger partial charge in [-0.1, -0.05) is 6.92 Å². The Bertz CT molecular complexity index is 77.0. The number of rotatable bonds is 1. The molecule has 1 saturated heterocycles. The van der Waals surface area contributed by atoms with Crippen LogP contribution in [0.3, 0.4) is 0 Å². The maximum atomic E-state index is 2.44. The van der Waals surface area contributed by atoms with Crippen LogP contribution in [0.15, 0.2) is 0 Å². The summed E-state index contributed by atoms with van der Waals surface area (Å²) in [6.45, 7) is 5.02. The first kappa shape index (κ1) is 7.50. The minimum Gasteiger partial charge on any atom is -0.306 e. The van der Waals surface area contributed by atoms with Crippen LogP contribution in [-0.2, 0) is 0 Å². The summed E-state index contributed by atoms with van der Waals surface area (Å²) in [4.78, 5) is 2.44. The molecule has 1 aliphatic rings. The average Bonchev–Trinajstić information content (AvgIpc) is 1.90. The van der Waals surface area contributed by atoms with Gasteiger partial charge in [-0.15, -0.1) is 7.92 Å². The van der Waals surface area contributed by atoms with Crippen molar-refractivity contribution in [2.24, 2.45) is 0 Å². The number of hydrogen-bond acceptors (Lipinski definition) is 1. The fourth-order valence-electron chi connectivity index (χ4n) is 1.16. The molecule has 0 unspecified atom stereocenters. The summed E-state index contributed by atoms with van der Waals surface area (Å²) in [6, 6.07) is 0. The van der Waals surface area contributed by atoms with Gasteiger partial charge in [0.1, 0.15) is 0 Å². The second-order valence-corrected chi connectivity index (χ2v) is 5.61. The second kappa shape index (κ2) is 3.53. The molecule has 1 aliphatic heterocycles. The van der Waals surface area contributed by atoms with Crippen LogP contribution in [-0.4, -0.2) is 43.5 Å². The van der Waals surface area contributed by atoms with Crippen LogP contribution in [0.5, 0.6) is 0 Å². The Morgan fingerprint density at radius 2 is 1.89 bits per heavy atom. The Morgan fingerprint density at radius 1 is 1.33 bits per heavy atom. The molecule has 0 aromatic rings. The second-order valence-electron chi connectivity index (χ2n) is 2.74.